The van der Waals surface area contributed by atoms with Gasteiger partial charge >= 0.3 is 0 Å². The van der Waals surface area contributed by atoms with Crippen LogP contribution in [-0.2, 0) is 19.4 Å². The Labute approximate surface area is 179 Å². The highest BCUT2D eigenvalue weighted by Crippen LogP contribution is 2.34. The molecule has 9 heteroatoms. The Morgan fingerprint density at radius 1 is 1.28 bits per heavy atom. The number of carbonyl (C=O) groups is 2. The van der Waals surface area contributed by atoms with Gasteiger partial charge in [0.05, 0.1) is 16.3 Å². The highest BCUT2D eigenvalue weighted by molar-refractivity contribution is 7.99. The normalized spacial score (nSPS) is 16.5. The van der Waals surface area contributed by atoms with Gasteiger partial charge in [-0.25, -0.2) is 8.42 Å². The molecule has 6 nitrogen and oxygen atoms in total. The number of anilines is 2. The van der Waals surface area contributed by atoms with Gasteiger partial charge in [0, 0.05) is 33.7 Å². The van der Waals surface area contributed by atoms with Crippen molar-refractivity contribution in [1.82, 2.24) is 0 Å². The third kappa shape index (κ3) is 5.32. The van der Waals surface area contributed by atoms with E-state index in [-0.39, 0.29) is 28.9 Å². The molecule has 2 aromatic carbocycles. The standard InChI is InChI=1S/C20H21ClN2O4S2/c1-12-3-4-14(21)9-16(12)22-19(24)7-8-29(26,27)15-5-6-18-17(10-15)23-20(25)13(2)11-28-18/h3-6,9-10,13H,7-8,11H2,1-2H3,(H,22,24)(H,23,25)/t13-/m1/s1. The maximum Gasteiger partial charge on any atom is 0.228 e. The molecule has 0 fully saturated rings. The number of hydrogen-bond donors (Lipinski definition) is 2. The molecule has 154 valence electrons. The Morgan fingerprint density at radius 3 is 2.79 bits per heavy atom. The van der Waals surface area contributed by atoms with Gasteiger partial charge in [-0.15, -0.1) is 11.8 Å². The van der Waals surface area contributed by atoms with Crippen LogP contribution in [0, 0.1) is 12.8 Å². The number of rotatable bonds is 5. The van der Waals surface area contributed by atoms with Crippen molar-refractivity contribution in [2.24, 2.45) is 5.92 Å². The van der Waals surface area contributed by atoms with Crippen molar-refractivity contribution in [1.29, 1.82) is 0 Å². The first kappa shape index (κ1) is 21.7. The largest absolute Gasteiger partial charge is 0.326 e. The van der Waals surface area contributed by atoms with E-state index in [1.54, 1.807) is 24.3 Å². The minimum atomic E-state index is -3.69. The minimum absolute atomic E-state index is 0.0819. The van der Waals surface area contributed by atoms with Crippen LogP contribution in [0.1, 0.15) is 18.9 Å². The molecule has 0 spiro atoms. The van der Waals surface area contributed by atoms with Gasteiger partial charge in [-0.2, -0.15) is 0 Å². The second kappa shape index (κ2) is 8.77. The smallest absolute Gasteiger partial charge is 0.228 e. The van der Waals surface area contributed by atoms with Gasteiger partial charge < -0.3 is 10.6 Å². The Kier molecular flexibility index (Phi) is 6.55. The lowest BCUT2D eigenvalue weighted by Crippen LogP contribution is -2.20. The molecule has 0 radical (unpaired) electrons. The molecular formula is C20H21ClN2O4S2. The number of nitrogens with one attached hydrogen (secondary N) is 2. The summed E-state index contributed by atoms with van der Waals surface area (Å²) in [4.78, 5) is 25.2. The zero-order valence-corrected chi connectivity index (χ0v) is 18.4. The second-order valence-corrected chi connectivity index (χ2v) is 10.5. The first-order chi connectivity index (χ1) is 13.7. The molecule has 29 heavy (non-hydrogen) atoms. The Balaban J connectivity index is 1.70. The van der Waals surface area contributed by atoms with E-state index in [9.17, 15) is 18.0 Å². The topological polar surface area (TPSA) is 92.3 Å². The molecule has 1 heterocycles. The molecular weight excluding hydrogens is 432 g/mol. The third-order valence-corrected chi connectivity index (χ3v) is 7.86. The van der Waals surface area contributed by atoms with E-state index in [1.807, 2.05) is 13.8 Å². The van der Waals surface area contributed by atoms with Crippen LogP contribution in [-0.4, -0.2) is 31.7 Å². The molecule has 2 N–H and O–H groups in total. The van der Waals surface area contributed by atoms with Crippen LogP contribution in [0.2, 0.25) is 5.02 Å². The van der Waals surface area contributed by atoms with E-state index < -0.39 is 15.7 Å². The van der Waals surface area contributed by atoms with Crippen molar-refractivity contribution in [2.45, 2.75) is 30.1 Å². The van der Waals surface area contributed by atoms with E-state index in [1.165, 1.54) is 23.9 Å². The van der Waals surface area contributed by atoms with Crippen LogP contribution in [0.4, 0.5) is 11.4 Å². The molecule has 1 aliphatic heterocycles. The molecule has 2 amide bonds. The molecule has 0 saturated carbocycles. The highest BCUT2D eigenvalue weighted by atomic mass is 35.5. The van der Waals surface area contributed by atoms with Gasteiger partial charge in [0.15, 0.2) is 9.84 Å². The molecule has 0 aliphatic carbocycles. The molecule has 0 unspecified atom stereocenters. The van der Waals surface area contributed by atoms with E-state index in [0.29, 0.717) is 22.2 Å². The molecule has 2 aromatic rings. The zero-order valence-electron chi connectivity index (χ0n) is 16.0. The lowest BCUT2D eigenvalue weighted by Gasteiger charge is -2.11. The summed E-state index contributed by atoms with van der Waals surface area (Å²) in [5, 5.41) is 5.96. The number of benzene rings is 2. The first-order valence-corrected chi connectivity index (χ1v) is 12.0. The Morgan fingerprint density at radius 2 is 2.03 bits per heavy atom. The van der Waals surface area contributed by atoms with Crippen molar-refractivity contribution < 1.29 is 18.0 Å². The lowest BCUT2D eigenvalue weighted by atomic mass is 10.2. The molecule has 0 aromatic heterocycles. The minimum Gasteiger partial charge on any atom is -0.326 e. The van der Waals surface area contributed by atoms with Gasteiger partial charge in [-0.3, -0.25) is 9.59 Å². The van der Waals surface area contributed by atoms with Gasteiger partial charge in [0.2, 0.25) is 11.8 Å². The van der Waals surface area contributed by atoms with Crippen LogP contribution in [0.5, 0.6) is 0 Å². The molecule has 1 atom stereocenters. The summed E-state index contributed by atoms with van der Waals surface area (Å²) in [7, 11) is -3.69. The van der Waals surface area contributed by atoms with E-state index in [2.05, 4.69) is 10.6 Å². The SMILES string of the molecule is Cc1ccc(Cl)cc1NC(=O)CCS(=O)(=O)c1ccc2c(c1)NC(=O)[C@H](C)CS2. The van der Waals surface area contributed by atoms with E-state index in [4.69, 9.17) is 11.6 Å². The molecule has 3 rings (SSSR count). The number of hydrogen-bond acceptors (Lipinski definition) is 5. The van der Waals surface area contributed by atoms with Gasteiger partial charge in [0.25, 0.3) is 0 Å². The Bertz CT molecular complexity index is 1070. The van der Waals surface area contributed by atoms with Gasteiger partial charge in [-0.05, 0) is 42.8 Å². The maximum atomic E-state index is 12.7. The highest BCUT2D eigenvalue weighted by Gasteiger charge is 2.23. The first-order valence-electron chi connectivity index (χ1n) is 9.02. The number of carbonyl (C=O) groups excluding carboxylic acids is 2. The van der Waals surface area contributed by atoms with Crippen LogP contribution in [0.15, 0.2) is 46.2 Å². The van der Waals surface area contributed by atoms with Crippen LogP contribution in [0.25, 0.3) is 0 Å². The summed E-state index contributed by atoms with van der Waals surface area (Å²) in [5.41, 5.74) is 1.88. The number of thioether (sulfide) groups is 1. The summed E-state index contributed by atoms with van der Waals surface area (Å²) in [6.07, 6.45) is -0.191. The fourth-order valence-electron chi connectivity index (χ4n) is 2.76. The monoisotopic (exact) mass is 452 g/mol. The molecule has 0 saturated heterocycles. The molecule has 1 aliphatic rings. The zero-order chi connectivity index (χ0) is 21.2. The van der Waals surface area contributed by atoms with Crippen molar-refractivity contribution in [3.63, 3.8) is 0 Å². The predicted octanol–water partition coefficient (Wildman–Crippen LogP) is 4.13. The third-order valence-electron chi connectivity index (χ3n) is 4.58. The number of halogens is 1. The van der Waals surface area contributed by atoms with Crippen LogP contribution >= 0.6 is 23.4 Å². The summed E-state index contributed by atoms with van der Waals surface area (Å²) in [6, 6.07) is 9.79. The maximum absolute atomic E-state index is 12.7. The van der Waals surface area contributed by atoms with Crippen LogP contribution in [0.3, 0.4) is 0 Å². The number of fused-ring (bicyclic) bond motifs is 1. The predicted molar refractivity (Wildman–Crippen MR) is 116 cm³/mol. The quantitative estimate of drug-likeness (QED) is 0.711. The fraction of sp³-hybridized carbons (Fsp3) is 0.300. The van der Waals surface area contributed by atoms with Crippen molar-refractivity contribution in [2.75, 3.05) is 22.1 Å². The second-order valence-electron chi connectivity index (χ2n) is 6.94. The average molecular weight is 453 g/mol. The summed E-state index contributed by atoms with van der Waals surface area (Å²) < 4.78 is 25.4. The van der Waals surface area contributed by atoms with E-state index >= 15 is 0 Å². The van der Waals surface area contributed by atoms with E-state index in [0.717, 1.165) is 10.5 Å². The number of sulfone groups is 1. The summed E-state index contributed by atoms with van der Waals surface area (Å²) in [6.45, 7) is 3.65. The average Bonchev–Trinajstić information content (AvgIpc) is 2.81. The Hall–Kier alpha value is -2.03. The van der Waals surface area contributed by atoms with Crippen molar-refractivity contribution >= 4 is 56.4 Å². The number of amides is 2. The molecule has 0 bridgehead atoms. The fourth-order valence-corrected chi connectivity index (χ4v) is 5.20. The van der Waals surface area contributed by atoms with Gasteiger partial charge in [-0.1, -0.05) is 24.6 Å². The van der Waals surface area contributed by atoms with Crippen molar-refractivity contribution in [3.8, 4) is 0 Å². The lowest BCUT2D eigenvalue weighted by molar-refractivity contribution is -0.118. The van der Waals surface area contributed by atoms with Gasteiger partial charge in [0.1, 0.15) is 0 Å². The van der Waals surface area contributed by atoms with Crippen molar-refractivity contribution in [3.05, 3.63) is 47.0 Å². The number of aryl methyl sites for hydroxylation is 1. The summed E-state index contributed by atoms with van der Waals surface area (Å²) >= 11 is 7.45. The van der Waals surface area contributed by atoms with Crippen LogP contribution < -0.4 is 10.6 Å². The summed E-state index contributed by atoms with van der Waals surface area (Å²) in [5.74, 6) is -0.414.